The molecule has 1 N–H and O–H groups in total. The molecule has 0 radical (unpaired) electrons. The number of nitrogens with one attached hydrogen (secondary N) is 1. The second kappa shape index (κ2) is 5.53. The number of halogens is 1. The lowest BCUT2D eigenvalue weighted by Crippen LogP contribution is -2.27. The molecule has 2 aromatic rings. The van der Waals surface area contributed by atoms with Gasteiger partial charge in [-0.05, 0) is 18.4 Å². The summed E-state index contributed by atoms with van der Waals surface area (Å²) in [6.07, 6.45) is 1.93. The van der Waals surface area contributed by atoms with Crippen LogP contribution in [0.3, 0.4) is 0 Å². The first-order valence-corrected chi connectivity index (χ1v) is 6.83. The minimum absolute atomic E-state index is 0.123. The van der Waals surface area contributed by atoms with Crippen LogP contribution in [-0.4, -0.2) is 15.2 Å². The first kappa shape index (κ1) is 13.1. The van der Waals surface area contributed by atoms with E-state index in [-0.39, 0.29) is 5.41 Å². The number of rotatable bonds is 5. The van der Waals surface area contributed by atoms with Crippen molar-refractivity contribution in [2.24, 2.45) is 0 Å². The van der Waals surface area contributed by atoms with E-state index in [1.807, 2.05) is 6.07 Å². The lowest BCUT2D eigenvalue weighted by atomic mass is 9.75. The van der Waals surface area contributed by atoms with E-state index >= 15 is 0 Å². The Morgan fingerprint density at radius 1 is 1.17 bits per heavy atom. The van der Waals surface area contributed by atoms with Gasteiger partial charge in [0.15, 0.2) is 5.82 Å². The summed E-state index contributed by atoms with van der Waals surface area (Å²) in [5.41, 5.74) is 1.14. The molecule has 0 amide bonds. The first-order valence-electron chi connectivity index (χ1n) is 6.30. The number of nitrogens with zero attached hydrogens (tertiary/aromatic N) is 2. The van der Waals surface area contributed by atoms with Crippen molar-refractivity contribution in [2.75, 3.05) is 0 Å². The fraction of sp³-hybridized carbons (Fsp3) is 0.429. The van der Waals surface area contributed by atoms with Crippen LogP contribution in [0.5, 0.6) is 0 Å². The highest BCUT2D eigenvalue weighted by Crippen LogP contribution is 2.36. The van der Waals surface area contributed by atoms with Crippen LogP contribution in [0.15, 0.2) is 30.3 Å². The normalized spacial score (nSPS) is 11.7. The molecular formula is C14H18ClN3. The number of hydrogen-bond donors (Lipinski definition) is 1. The Kier molecular flexibility index (Phi) is 4.02. The number of H-pyrrole nitrogens is 1. The van der Waals surface area contributed by atoms with Crippen molar-refractivity contribution in [3.8, 4) is 0 Å². The SMILES string of the molecule is CCC(CC)(c1ccccc1)c1n[nH]c(CCl)n1. The van der Waals surface area contributed by atoms with Gasteiger partial charge in [0.1, 0.15) is 5.82 Å². The molecule has 0 aliphatic heterocycles. The lowest BCUT2D eigenvalue weighted by molar-refractivity contribution is 0.450. The van der Waals surface area contributed by atoms with Crippen molar-refractivity contribution in [3.05, 3.63) is 47.5 Å². The second-order valence-corrected chi connectivity index (χ2v) is 4.66. The average molecular weight is 264 g/mol. The minimum Gasteiger partial charge on any atom is -0.262 e. The molecule has 0 saturated carbocycles. The van der Waals surface area contributed by atoms with Gasteiger partial charge in [-0.2, -0.15) is 5.10 Å². The first-order chi connectivity index (χ1) is 8.76. The summed E-state index contributed by atoms with van der Waals surface area (Å²) >= 11 is 5.79. The van der Waals surface area contributed by atoms with Crippen LogP contribution in [0, 0.1) is 0 Å². The monoisotopic (exact) mass is 263 g/mol. The van der Waals surface area contributed by atoms with E-state index in [2.05, 4.69) is 53.3 Å². The zero-order valence-electron chi connectivity index (χ0n) is 10.8. The van der Waals surface area contributed by atoms with Crippen LogP contribution >= 0.6 is 11.6 Å². The maximum atomic E-state index is 5.79. The Morgan fingerprint density at radius 3 is 2.33 bits per heavy atom. The maximum Gasteiger partial charge on any atom is 0.161 e. The molecule has 0 aliphatic rings. The average Bonchev–Trinajstić information content (AvgIpc) is 2.91. The van der Waals surface area contributed by atoms with E-state index in [0.717, 1.165) is 24.5 Å². The predicted molar refractivity (Wildman–Crippen MR) is 73.7 cm³/mol. The topological polar surface area (TPSA) is 41.6 Å². The molecule has 3 nitrogen and oxygen atoms in total. The van der Waals surface area contributed by atoms with E-state index in [0.29, 0.717) is 5.88 Å². The summed E-state index contributed by atoms with van der Waals surface area (Å²) in [5.74, 6) is 1.94. The van der Waals surface area contributed by atoms with Crippen molar-refractivity contribution in [1.82, 2.24) is 15.2 Å². The molecule has 0 atom stereocenters. The number of aromatic nitrogens is 3. The smallest absolute Gasteiger partial charge is 0.161 e. The Labute approximate surface area is 113 Å². The van der Waals surface area contributed by atoms with Gasteiger partial charge in [-0.15, -0.1) is 11.6 Å². The summed E-state index contributed by atoms with van der Waals surface area (Å²) in [4.78, 5) is 4.52. The molecule has 0 fully saturated rings. The Balaban J connectivity index is 2.50. The van der Waals surface area contributed by atoms with Gasteiger partial charge in [-0.25, -0.2) is 4.98 Å². The van der Waals surface area contributed by atoms with Crippen molar-refractivity contribution in [3.63, 3.8) is 0 Å². The molecule has 1 aromatic heterocycles. The molecule has 18 heavy (non-hydrogen) atoms. The number of hydrogen-bond acceptors (Lipinski definition) is 2. The number of alkyl halides is 1. The highest BCUT2D eigenvalue weighted by atomic mass is 35.5. The van der Waals surface area contributed by atoms with Crippen molar-refractivity contribution in [1.29, 1.82) is 0 Å². The summed E-state index contributed by atoms with van der Waals surface area (Å²) in [7, 11) is 0. The van der Waals surface area contributed by atoms with Gasteiger partial charge in [-0.1, -0.05) is 44.2 Å². The predicted octanol–water partition coefficient (Wildman–Crippen LogP) is 3.65. The summed E-state index contributed by atoms with van der Waals surface area (Å²) in [6, 6.07) is 10.4. The van der Waals surface area contributed by atoms with Crippen LogP contribution in [-0.2, 0) is 11.3 Å². The molecule has 2 rings (SSSR count). The molecular weight excluding hydrogens is 246 g/mol. The van der Waals surface area contributed by atoms with Gasteiger partial charge in [0.05, 0.1) is 11.3 Å². The van der Waals surface area contributed by atoms with Crippen molar-refractivity contribution >= 4 is 11.6 Å². The highest BCUT2D eigenvalue weighted by molar-refractivity contribution is 6.16. The van der Waals surface area contributed by atoms with Crippen LogP contribution < -0.4 is 0 Å². The third kappa shape index (κ3) is 2.15. The molecule has 96 valence electrons. The lowest BCUT2D eigenvalue weighted by Gasteiger charge is -2.29. The summed E-state index contributed by atoms with van der Waals surface area (Å²) in [5, 5.41) is 7.26. The Bertz CT molecular complexity index is 489. The molecule has 0 unspecified atom stereocenters. The summed E-state index contributed by atoms with van der Waals surface area (Å²) < 4.78 is 0. The molecule has 0 spiro atoms. The zero-order chi connectivity index (χ0) is 13.0. The number of aromatic amines is 1. The van der Waals surface area contributed by atoms with Gasteiger partial charge < -0.3 is 0 Å². The van der Waals surface area contributed by atoms with Crippen LogP contribution in [0.2, 0.25) is 0 Å². The van der Waals surface area contributed by atoms with E-state index < -0.39 is 0 Å². The highest BCUT2D eigenvalue weighted by Gasteiger charge is 2.34. The van der Waals surface area contributed by atoms with E-state index in [1.54, 1.807) is 0 Å². The second-order valence-electron chi connectivity index (χ2n) is 4.39. The Morgan fingerprint density at radius 2 is 1.83 bits per heavy atom. The third-order valence-corrected chi connectivity index (χ3v) is 3.87. The van der Waals surface area contributed by atoms with Gasteiger partial charge >= 0.3 is 0 Å². The molecule has 0 saturated heterocycles. The number of benzene rings is 1. The Hall–Kier alpha value is -1.35. The van der Waals surface area contributed by atoms with Crippen molar-refractivity contribution < 1.29 is 0 Å². The largest absolute Gasteiger partial charge is 0.262 e. The molecule has 4 heteroatoms. The van der Waals surface area contributed by atoms with Crippen LogP contribution in [0.4, 0.5) is 0 Å². The van der Waals surface area contributed by atoms with Gasteiger partial charge in [0.2, 0.25) is 0 Å². The maximum absolute atomic E-state index is 5.79. The third-order valence-electron chi connectivity index (χ3n) is 3.62. The molecule has 0 aliphatic carbocycles. The standard InChI is InChI=1S/C14H18ClN3/c1-3-14(4-2,11-8-6-5-7-9-11)13-16-12(10-15)17-18-13/h5-9H,3-4,10H2,1-2H3,(H,16,17,18). The molecule has 1 heterocycles. The quantitative estimate of drug-likeness (QED) is 0.837. The zero-order valence-corrected chi connectivity index (χ0v) is 11.5. The van der Waals surface area contributed by atoms with Gasteiger partial charge in [-0.3, -0.25) is 5.10 Å². The van der Waals surface area contributed by atoms with E-state index in [9.17, 15) is 0 Å². The fourth-order valence-corrected chi connectivity index (χ4v) is 2.55. The van der Waals surface area contributed by atoms with E-state index in [4.69, 9.17) is 11.6 Å². The molecule has 1 aromatic carbocycles. The summed E-state index contributed by atoms with van der Waals surface area (Å²) in [6.45, 7) is 4.35. The van der Waals surface area contributed by atoms with Crippen molar-refractivity contribution in [2.45, 2.75) is 38.0 Å². The van der Waals surface area contributed by atoms with Gasteiger partial charge in [0.25, 0.3) is 0 Å². The fourth-order valence-electron chi connectivity index (χ4n) is 2.43. The minimum atomic E-state index is -0.123. The van der Waals surface area contributed by atoms with E-state index in [1.165, 1.54) is 5.56 Å². The van der Waals surface area contributed by atoms with Crippen LogP contribution in [0.1, 0.15) is 43.9 Å². The van der Waals surface area contributed by atoms with Crippen LogP contribution in [0.25, 0.3) is 0 Å². The molecule has 0 bridgehead atoms. The van der Waals surface area contributed by atoms with Gasteiger partial charge in [0, 0.05) is 0 Å².